The van der Waals surface area contributed by atoms with Crippen LogP contribution in [0.5, 0.6) is 0 Å². The average Bonchev–Trinajstić information content (AvgIpc) is 3.22. The smallest absolute Gasteiger partial charge is 0.248 e. The van der Waals surface area contributed by atoms with E-state index in [1.807, 2.05) is 26.1 Å². The molecular formula is C18H18Cl2N4O2. The van der Waals surface area contributed by atoms with Crippen molar-refractivity contribution in [3.05, 3.63) is 39.6 Å². The highest BCUT2D eigenvalue weighted by atomic mass is 35.5. The first-order chi connectivity index (χ1) is 12.4. The maximum Gasteiger partial charge on any atom is 0.248 e. The Hall–Kier alpha value is -2.02. The second-order valence-corrected chi connectivity index (χ2v) is 7.28. The molecule has 1 amide bonds. The number of aliphatic hydroxyl groups excluding tert-OH is 1. The van der Waals surface area contributed by atoms with Gasteiger partial charge >= 0.3 is 0 Å². The molecule has 1 aromatic carbocycles. The minimum atomic E-state index is -0.497. The van der Waals surface area contributed by atoms with Gasteiger partial charge in [0.15, 0.2) is 0 Å². The van der Waals surface area contributed by atoms with E-state index in [1.165, 1.54) is 0 Å². The number of H-pyrrole nitrogens is 1. The molecule has 0 unspecified atom stereocenters. The lowest BCUT2D eigenvalue weighted by atomic mass is 9.93. The molecule has 1 aliphatic heterocycles. The number of nitrogens with one attached hydrogen (secondary N) is 1. The van der Waals surface area contributed by atoms with E-state index < -0.39 is 6.61 Å². The molecular weight excluding hydrogens is 375 g/mol. The Morgan fingerprint density at radius 2 is 2.23 bits per heavy atom. The molecule has 1 aliphatic rings. The minimum absolute atomic E-state index is 0.184. The lowest BCUT2D eigenvalue weighted by Crippen LogP contribution is -2.40. The number of aromatic nitrogens is 3. The van der Waals surface area contributed by atoms with Crippen LogP contribution in [0.25, 0.3) is 22.2 Å². The number of halogens is 2. The SMILES string of the molecule is C[C@H]1c2c([nH]c3c(Cl)c(Cl)cc(-c4ccnn4C)c23)CCN1C(=O)CO. The summed E-state index contributed by atoms with van der Waals surface area (Å²) >= 11 is 12.9. The van der Waals surface area contributed by atoms with Crippen molar-refractivity contribution in [1.82, 2.24) is 19.7 Å². The number of carbonyl (C=O) groups excluding carboxylic acids is 1. The van der Waals surface area contributed by atoms with Crippen molar-refractivity contribution >= 4 is 40.0 Å². The van der Waals surface area contributed by atoms with E-state index in [0.29, 0.717) is 23.0 Å². The third kappa shape index (κ3) is 2.44. The lowest BCUT2D eigenvalue weighted by molar-refractivity contribution is -0.136. The normalized spacial score (nSPS) is 17.0. The number of rotatable bonds is 2. The highest BCUT2D eigenvalue weighted by molar-refractivity contribution is 6.45. The number of carbonyl (C=O) groups is 1. The minimum Gasteiger partial charge on any atom is -0.387 e. The van der Waals surface area contributed by atoms with E-state index in [2.05, 4.69) is 10.1 Å². The Balaban J connectivity index is 2.03. The Morgan fingerprint density at radius 1 is 1.46 bits per heavy atom. The second-order valence-electron chi connectivity index (χ2n) is 6.50. The monoisotopic (exact) mass is 392 g/mol. The van der Waals surface area contributed by atoms with E-state index in [4.69, 9.17) is 23.2 Å². The van der Waals surface area contributed by atoms with Gasteiger partial charge in [-0.15, -0.1) is 0 Å². The maximum absolute atomic E-state index is 12.1. The molecule has 0 saturated carbocycles. The summed E-state index contributed by atoms with van der Waals surface area (Å²) in [6, 6.07) is 3.58. The van der Waals surface area contributed by atoms with Crippen molar-refractivity contribution in [1.29, 1.82) is 0 Å². The summed E-state index contributed by atoms with van der Waals surface area (Å²) in [6.45, 7) is 2.02. The van der Waals surface area contributed by atoms with Crippen molar-refractivity contribution < 1.29 is 9.90 Å². The van der Waals surface area contributed by atoms with Crippen LogP contribution in [0.1, 0.15) is 24.2 Å². The molecule has 6 nitrogen and oxygen atoms in total. The molecule has 0 bridgehead atoms. The predicted molar refractivity (Wildman–Crippen MR) is 101 cm³/mol. The number of aromatic amines is 1. The number of hydrogen-bond donors (Lipinski definition) is 2. The molecule has 0 radical (unpaired) electrons. The Labute approximate surface area is 160 Å². The van der Waals surface area contributed by atoms with Crippen LogP contribution in [0, 0.1) is 0 Å². The third-order valence-corrected chi connectivity index (χ3v) is 5.92. The zero-order chi connectivity index (χ0) is 18.6. The van der Waals surface area contributed by atoms with Crippen molar-refractivity contribution in [2.24, 2.45) is 7.05 Å². The summed E-state index contributed by atoms with van der Waals surface area (Å²) in [5.41, 5.74) is 4.65. The largest absolute Gasteiger partial charge is 0.387 e. The summed E-state index contributed by atoms with van der Waals surface area (Å²) in [5, 5.41) is 15.4. The lowest BCUT2D eigenvalue weighted by Gasteiger charge is -2.33. The molecule has 136 valence electrons. The highest BCUT2D eigenvalue weighted by Crippen LogP contribution is 2.44. The van der Waals surface area contributed by atoms with Gasteiger partial charge in [-0.1, -0.05) is 23.2 Å². The Kier molecular flexibility index (Phi) is 4.22. The van der Waals surface area contributed by atoms with Gasteiger partial charge in [0.1, 0.15) is 6.61 Å². The summed E-state index contributed by atoms with van der Waals surface area (Å²) in [4.78, 5) is 17.2. The van der Waals surface area contributed by atoms with Crippen LogP contribution in [0.15, 0.2) is 18.3 Å². The maximum atomic E-state index is 12.1. The molecule has 2 aromatic heterocycles. The summed E-state index contributed by atoms with van der Waals surface area (Å²) < 4.78 is 1.78. The fourth-order valence-corrected chi connectivity index (χ4v) is 4.30. The summed E-state index contributed by atoms with van der Waals surface area (Å²) in [7, 11) is 1.87. The molecule has 1 atom stereocenters. The van der Waals surface area contributed by atoms with Crippen LogP contribution < -0.4 is 0 Å². The van der Waals surface area contributed by atoms with Crippen LogP contribution in [-0.4, -0.2) is 43.8 Å². The Morgan fingerprint density at radius 3 is 2.88 bits per heavy atom. The zero-order valence-electron chi connectivity index (χ0n) is 14.4. The molecule has 26 heavy (non-hydrogen) atoms. The van der Waals surface area contributed by atoms with E-state index >= 15 is 0 Å². The van der Waals surface area contributed by atoms with Gasteiger partial charge in [0.25, 0.3) is 0 Å². The highest BCUT2D eigenvalue weighted by Gasteiger charge is 2.32. The van der Waals surface area contributed by atoms with Gasteiger partial charge in [0.05, 0.1) is 27.3 Å². The fourth-order valence-electron chi connectivity index (χ4n) is 3.90. The van der Waals surface area contributed by atoms with Gasteiger partial charge in [-0.05, 0) is 19.1 Å². The van der Waals surface area contributed by atoms with Gasteiger partial charge in [-0.3, -0.25) is 9.48 Å². The standard InChI is InChI=1S/C18H18Cl2N4O2/c1-9-15-12(4-6-24(9)14(26)8-25)22-18-16(15)10(7-11(19)17(18)20)13-3-5-21-23(13)2/h3,5,7,9,22,25H,4,6,8H2,1-2H3/t9-/m0/s1. The number of amides is 1. The van der Waals surface area contributed by atoms with Crippen LogP contribution in [-0.2, 0) is 18.3 Å². The predicted octanol–water partition coefficient (Wildman–Crippen LogP) is 3.31. The van der Waals surface area contributed by atoms with E-state index in [0.717, 1.165) is 33.4 Å². The van der Waals surface area contributed by atoms with Gasteiger partial charge < -0.3 is 15.0 Å². The molecule has 4 rings (SSSR count). The summed E-state index contributed by atoms with van der Waals surface area (Å²) in [5.74, 6) is -0.278. The molecule has 8 heteroatoms. The van der Waals surface area contributed by atoms with Crippen molar-refractivity contribution in [3.8, 4) is 11.3 Å². The first kappa shape index (κ1) is 17.4. The molecule has 3 heterocycles. The number of fused-ring (bicyclic) bond motifs is 3. The number of nitrogens with zero attached hydrogens (tertiary/aromatic N) is 3. The number of hydrogen-bond acceptors (Lipinski definition) is 3. The van der Waals surface area contributed by atoms with E-state index in [9.17, 15) is 9.90 Å². The molecule has 3 aromatic rings. The van der Waals surface area contributed by atoms with Crippen LogP contribution in [0.4, 0.5) is 0 Å². The molecule has 0 fully saturated rings. The first-order valence-electron chi connectivity index (χ1n) is 8.35. The first-order valence-corrected chi connectivity index (χ1v) is 9.10. The second kappa shape index (κ2) is 6.30. The van der Waals surface area contributed by atoms with E-state index in [-0.39, 0.29) is 11.9 Å². The topological polar surface area (TPSA) is 74.2 Å². The quantitative estimate of drug-likeness (QED) is 0.702. The van der Waals surface area contributed by atoms with Gasteiger partial charge in [-0.2, -0.15) is 5.10 Å². The van der Waals surface area contributed by atoms with Gasteiger partial charge in [0.2, 0.25) is 5.91 Å². The summed E-state index contributed by atoms with van der Waals surface area (Å²) in [6.07, 6.45) is 2.40. The third-order valence-electron chi connectivity index (χ3n) is 5.13. The number of aryl methyl sites for hydroxylation is 1. The van der Waals surface area contributed by atoms with Crippen LogP contribution in [0.2, 0.25) is 10.0 Å². The number of benzene rings is 1. The average molecular weight is 393 g/mol. The zero-order valence-corrected chi connectivity index (χ0v) is 15.9. The Bertz CT molecular complexity index is 1020. The van der Waals surface area contributed by atoms with Gasteiger partial charge in [-0.25, -0.2) is 0 Å². The molecule has 0 saturated heterocycles. The van der Waals surface area contributed by atoms with Crippen molar-refractivity contribution in [2.45, 2.75) is 19.4 Å². The molecule has 2 N–H and O–H groups in total. The molecule has 0 aliphatic carbocycles. The van der Waals surface area contributed by atoms with Crippen molar-refractivity contribution in [2.75, 3.05) is 13.2 Å². The molecule has 0 spiro atoms. The van der Waals surface area contributed by atoms with Crippen LogP contribution in [0.3, 0.4) is 0 Å². The fraction of sp³-hybridized carbons (Fsp3) is 0.333. The van der Waals surface area contributed by atoms with Gasteiger partial charge in [0, 0.05) is 48.4 Å². The van der Waals surface area contributed by atoms with Crippen molar-refractivity contribution in [3.63, 3.8) is 0 Å². The van der Waals surface area contributed by atoms with E-state index in [1.54, 1.807) is 15.8 Å². The van der Waals surface area contributed by atoms with Crippen LogP contribution >= 0.6 is 23.2 Å². The number of aliphatic hydroxyl groups is 1.